The normalized spacial score (nSPS) is 23.6. The van der Waals surface area contributed by atoms with Crippen molar-refractivity contribution in [3.8, 4) is 0 Å². The van der Waals surface area contributed by atoms with Crippen LogP contribution in [0.2, 0.25) is 5.54 Å². The van der Waals surface area contributed by atoms with Crippen molar-refractivity contribution < 1.29 is 13.3 Å². The molecular weight excluding hydrogens is 220 g/mol. The Labute approximate surface area is 99.8 Å². The second-order valence-electron chi connectivity index (χ2n) is 5.10. The fourth-order valence-electron chi connectivity index (χ4n) is 2.83. The van der Waals surface area contributed by atoms with E-state index in [-0.39, 0.29) is 0 Å². The van der Waals surface area contributed by atoms with Crippen molar-refractivity contribution in [1.29, 1.82) is 0 Å². The summed E-state index contributed by atoms with van der Waals surface area (Å²) in [6.45, 7) is 0.852. The largest absolute Gasteiger partial charge is 0.503 e. The van der Waals surface area contributed by atoms with E-state index in [9.17, 15) is 0 Å². The van der Waals surface area contributed by atoms with E-state index < -0.39 is 8.80 Å². The molecule has 0 amide bonds. The molecule has 0 spiro atoms. The first-order chi connectivity index (χ1) is 7.80. The van der Waals surface area contributed by atoms with Crippen molar-refractivity contribution >= 4 is 8.80 Å². The molecule has 0 aliphatic heterocycles. The van der Waals surface area contributed by atoms with Gasteiger partial charge in [0.1, 0.15) is 0 Å². The van der Waals surface area contributed by atoms with Crippen LogP contribution in [0.25, 0.3) is 0 Å². The third kappa shape index (κ3) is 2.50. The number of hydrogen-bond donors (Lipinski definition) is 0. The number of hydrogen-bond acceptors (Lipinski definition) is 3. The van der Waals surface area contributed by atoms with E-state index >= 15 is 0 Å². The van der Waals surface area contributed by atoms with Crippen molar-refractivity contribution in [3.05, 3.63) is 0 Å². The summed E-state index contributed by atoms with van der Waals surface area (Å²) < 4.78 is 17.5. The summed E-state index contributed by atoms with van der Waals surface area (Å²) >= 11 is 0. The van der Waals surface area contributed by atoms with Gasteiger partial charge < -0.3 is 13.3 Å². The van der Waals surface area contributed by atoms with Gasteiger partial charge in [-0.05, 0) is 31.6 Å². The van der Waals surface area contributed by atoms with Crippen molar-refractivity contribution in [1.82, 2.24) is 0 Å². The topological polar surface area (TPSA) is 27.7 Å². The monoisotopic (exact) mass is 244 g/mol. The van der Waals surface area contributed by atoms with E-state index in [1.807, 2.05) is 0 Å². The average Bonchev–Trinajstić information content (AvgIpc) is 2.76. The molecule has 16 heavy (non-hydrogen) atoms. The molecular formula is C12H24O3Si. The van der Waals surface area contributed by atoms with Crippen molar-refractivity contribution in [2.45, 2.75) is 50.5 Å². The highest BCUT2D eigenvalue weighted by Crippen LogP contribution is 2.40. The third-order valence-corrected chi connectivity index (χ3v) is 7.45. The molecule has 4 heteroatoms. The molecule has 2 rings (SSSR count). The summed E-state index contributed by atoms with van der Waals surface area (Å²) in [7, 11) is 1.16. The SMILES string of the molecule is CO[Si](OC)(OCC1CCC1)C1CCCC1. The Balaban J connectivity index is 1.89. The van der Waals surface area contributed by atoms with Crippen molar-refractivity contribution in [2.24, 2.45) is 5.92 Å². The molecule has 94 valence electrons. The van der Waals surface area contributed by atoms with Crippen molar-refractivity contribution in [2.75, 3.05) is 20.8 Å². The first-order valence-electron chi connectivity index (χ1n) is 6.55. The van der Waals surface area contributed by atoms with Gasteiger partial charge >= 0.3 is 8.80 Å². The van der Waals surface area contributed by atoms with Crippen LogP contribution in [0.1, 0.15) is 44.9 Å². The molecule has 0 N–H and O–H groups in total. The van der Waals surface area contributed by atoms with Gasteiger partial charge in [-0.2, -0.15) is 0 Å². The molecule has 0 radical (unpaired) electrons. The summed E-state index contributed by atoms with van der Waals surface area (Å²) in [5.41, 5.74) is 0.544. The smallest absolute Gasteiger partial charge is 0.377 e. The Kier molecular flexibility index (Phi) is 4.41. The van der Waals surface area contributed by atoms with Gasteiger partial charge in [-0.1, -0.05) is 19.3 Å². The quantitative estimate of drug-likeness (QED) is 0.672. The maximum absolute atomic E-state index is 6.11. The van der Waals surface area contributed by atoms with Crippen LogP contribution in [0.4, 0.5) is 0 Å². The highest BCUT2D eigenvalue weighted by Gasteiger charge is 2.49. The molecule has 2 saturated carbocycles. The van der Waals surface area contributed by atoms with E-state index in [4.69, 9.17) is 13.3 Å². The Morgan fingerprint density at radius 2 is 1.56 bits per heavy atom. The van der Waals surface area contributed by atoms with Crippen LogP contribution in [0.3, 0.4) is 0 Å². The maximum Gasteiger partial charge on any atom is 0.503 e. The predicted molar refractivity (Wildman–Crippen MR) is 65.3 cm³/mol. The van der Waals surface area contributed by atoms with E-state index in [1.54, 1.807) is 14.2 Å². The minimum atomic E-state index is -2.36. The molecule has 3 nitrogen and oxygen atoms in total. The van der Waals surface area contributed by atoms with E-state index in [0.29, 0.717) is 5.54 Å². The van der Waals surface area contributed by atoms with Gasteiger partial charge in [0.05, 0.1) is 0 Å². The zero-order chi connectivity index (χ0) is 11.4. The molecule has 0 aromatic carbocycles. The lowest BCUT2D eigenvalue weighted by Gasteiger charge is -2.34. The van der Waals surface area contributed by atoms with Gasteiger partial charge in [-0.3, -0.25) is 0 Å². The van der Waals surface area contributed by atoms with Crippen LogP contribution < -0.4 is 0 Å². The highest BCUT2D eigenvalue weighted by atomic mass is 28.4. The third-order valence-electron chi connectivity index (χ3n) is 4.17. The molecule has 0 aromatic rings. The average molecular weight is 244 g/mol. The minimum absolute atomic E-state index is 0.544. The van der Waals surface area contributed by atoms with Gasteiger partial charge in [-0.25, -0.2) is 0 Å². The maximum atomic E-state index is 6.11. The van der Waals surface area contributed by atoms with Gasteiger partial charge in [0, 0.05) is 26.4 Å². The molecule has 0 unspecified atom stereocenters. The lowest BCUT2D eigenvalue weighted by molar-refractivity contribution is 0.0571. The van der Waals surface area contributed by atoms with E-state index in [0.717, 1.165) is 12.5 Å². The zero-order valence-corrected chi connectivity index (χ0v) is 11.5. The summed E-state index contributed by atoms with van der Waals surface area (Å²) in [6, 6.07) is 0. The number of rotatable bonds is 6. The fraction of sp³-hybridized carbons (Fsp3) is 1.00. The molecule has 0 heterocycles. The van der Waals surface area contributed by atoms with Gasteiger partial charge in [0.2, 0.25) is 0 Å². The first-order valence-corrected chi connectivity index (χ1v) is 8.35. The summed E-state index contributed by atoms with van der Waals surface area (Å²) in [5.74, 6) is 0.763. The van der Waals surface area contributed by atoms with Crippen LogP contribution in [-0.4, -0.2) is 29.6 Å². The Morgan fingerprint density at radius 1 is 0.938 bits per heavy atom. The Hall–Kier alpha value is 0.0969. The molecule has 2 aliphatic rings. The lowest BCUT2D eigenvalue weighted by atomic mass is 9.86. The lowest BCUT2D eigenvalue weighted by Crippen LogP contribution is -2.49. The highest BCUT2D eigenvalue weighted by molar-refractivity contribution is 6.62. The summed E-state index contributed by atoms with van der Waals surface area (Å²) in [6.07, 6.45) is 9.06. The summed E-state index contributed by atoms with van der Waals surface area (Å²) in [4.78, 5) is 0. The molecule has 2 aliphatic carbocycles. The van der Waals surface area contributed by atoms with Gasteiger partial charge in [0.25, 0.3) is 0 Å². The molecule has 0 aromatic heterocycles. The van der Waals surface area contributed by atoms with Crippen molar-refractivity contribution in [3.63, 3.8) is 0 Å². The van der Waals surface area contributed by atoms with E-state index in [2.05, 4.69) is 0 Å². The fourth-order valence-corrected chi connectivity index (χ4v) is 5.71. The standard InChI is InChI=1S/C12H24O3Si/c1-13-16(14-2,12-8-3-4-9-12)15-10-11-6-5-7-11/h11-12H,3-10H2,1-2H3. The minimum Gasteiger partial charge on any atom is -0.377 e. The summed E-state index contributed by atoms with van der Waals surface area (Å²) in [5, 5.41) is 0. The Morgan fingerprint density at radius 3 is 2.00 bits per heavy atom. The van der Waals surface area contributed by atoms with Crippen LogP contribution in [-0.2, 0) is 13.3 Å². The second kappa shape index (κ2) is 5.62. The predicted octanol–water partition coefficient (Wildman–Crippen LogP) is 2.98. The Bertz CT molecular complexity index is 208. The molecule has 0 atom stereocenters. The van der Waals surface area contributed by atoms with E-state index in [1.165, 1.54) is 44.9 Å². The zero-order valence-electron chi connectivity index (χ0n) is 10.5. The van der Waals surface area contributed by atoms with Crippen LogP contribution in [0.5, 0.6) is 0 Å². The molecule has 0 saturated heterocycles. The van der Waals surface area contributed by atoms with Crippen LogP contribution in [0, 0.1) is 5.92 Å². The van der Waals surface area contributed by atoms with Gasteiger partial charge in [-0.15, -0.1) is 0 Å². The van der Waals surface area contributed by atoms with Gasteiger partial charge in [0.15, 0.2) is 0 Å². The molecule has 0 bridgehead atoms. The van der Waals surface area contributed by atoms with Crippen LogP contribution >= 0.6 is 0 Å². The second-order valence-corrected chi connectivity index (χ2v) is 8.23. The molecule has 2 fully saturated rings. The first kappa shape index (κ1) is 12.6. The van der Waals surface area contributed by atoms with Crippen LogP contribution in [0.15, 0.2) is 0 Å².